The summed E-state index contributed by atoms with van der Waals surface area (Å²) in [6.45, 7) is 8.57. The normalized spacial score (nSPS) is 25.2. The maximum Gasteiger partial charge on any atom is 0.0107 e. The molecule has 100 valence electrons. The maximum atomic E-state index is 3.51. The topological polar surface area (TPSA) is 15.3 Å². The minimum atomic E-state index is 0.769. The third-order valence-electron chi connectivity index (χ3n) is 4.86. The summed E-state index contributed by atoms with van der Waals surface area (Å²) in [5.41, 5.74) is 0.769. The van der Waals surface area contributed by atoms with Crippen molar-refractivity contribution in [2.24, 2.45) is 5.41 Å². The fourth-order valence-electron chi connectivity index (χ4n) is 3.59. The van der Waals surface area contributed by atoms with Crippen molar-refractivity contribution in [2.75, 3.05) is 32.7 Å². The average molecular weight is 238 g/mol. The lowest BCUT2D eigenvalue weighted by Crippen LogP contribution is -2.43. The number of hydrogen-bond acceptors (Lipinski definition) is 2. The largest absolute Gasteiger partial charge is 0.315 e. The van der Waals surface area contributed by atoms with Gasteiger partial charge in [-0.05, 0) is 57.2 Å². The summed E-state index contributed by atoms with van der Waals surface area (Å²) in [7, 11) is 0. The van der Waals surface area contributed by atoms with E-state index in [1.165, 1.54) is 84.1 Å². The molecule has 0 amide bonds. The predicted octanol–water partition coefficient (Wildman–Crippen LogP) is 3.03. The van der Waals surface area contributed by atoms with Crippen molar-refractivity contribution < 1.29 is 0 Å². The van der Waals surface area contributed by atoms with Gasteiger partial charge in [0.1, 0.15) is 0 Å². The van der Waals surface area contributed by atoms with Gasteiger partial charge in [0.2, 0.25) is 0 Å². The van der Waals surface area contributed by atoms with Crippen molar-refractivity contribution in [3.63, 3.8) is 0 Å². The average Bonchev–Trinajstić information content (AvgIpc) is 2.38. The van der Waals surface area contributed by atoms with Crippen LogP contribution >= 0.6 is 0 Å². The second kappa shape index (κ2) is 6.75. The minimum absolute atomic E-state index is 0.769. The van der Waals surface area contributed by atoms with Gasteiger partial charge in [0.15, 0.2) is 0 Å². The van der Waals surface area contributed by atoms with E-state index in [9.17, 15) is 0 Å². The molecule has 0 aromatic heterocycles. The molecule has 1 aliphatic carbocycles. The summed E-state index contributed by atoms with van der Waals surface area (Å²) in [5, 5.41) is 3.51. The van der Waals surface area contributed by atoms with Gasteiger partial charge < -0.3 is 10.2 Å². The molecule has 0 radical (unpaired) electrons. The molecule has 0 bridgehead atoms. The van der Waals surface area contributed by atoms with Crippen molar-refractivity contribution in [1.29, 1.82) is 0 Å². The smallest absolute Gasteiger partial charge is 0.0107 e. The first-order valence-corrected chi connectivity index (χ1v) is 7.78. The quantitative estimate of drug-likeness (QED) is 0.741. The standard InChI is InChI=1S/C15H30N2/c1-2-10-16-11-14-17-12-8-15(9-13-17)6-4-3-5-7-15/h16H,2-14H2,1H3. The molecule has 1 saturated heterocycles. The molecule has 0 unspecified atom stereocenters. The predicted molar refractivity (Wildman–Crippen MR) is 74.4 cm³/mol. The second-order valence-electron chi connectivity index (χ2n) is 6.15. The molecule has 0 aromatic rings. The number of hydrogen-bond donors (Lipinski definition) is 1. The molecule has 2 heteroatoms. The maximum absolute atomic E-state index is 3.51. The van der Waals surface area contributed by atoms with Gasteiger partial charge in [0.05, 0.1) is 0 Å². The highest BCUT2D eigenvalue weighted by Gasteiger charge is 2.35. The van der Waals surface area contributed by atoms with Gasteiger partial charge in [-0.2, -0.15) is 0 Å². The van der Waals surface area contributed by atoms with Crippen LogP contribution in [0.3, 0.4) is 0 Å². The fraction of sp³-hybridized carbons (Fsp3) is 1.00. The van der Waals surface area contributed by atoms with Gasteiger partial charge in [-0.25, -0.2) is 0 Å². The van der Waals surface area contributed by atoms with Crippen molar-refractivity contribution in [1.82, 2.24) is 10.2 Å². The molecule has 0 aromatic carbocycles. The third kappa shape index (κ3) is 3.96. The summed E-state index contributed by atoms with van der Waals surface area (Å²) in [6.07, 6.45) is 11.7. The molecule has 1 saturated carbocycles. The van der Waals surface area contributed by atoms with E-state index in [4.69, 9.17) is 0 Å². The van der Waals surface area contributed by atoms with Gasteiger partial charge in [-0.1, -0.05) is 26.2 Å². The molecule has 17 heavy (non-hydrogen) atoms. The minimum Gasteiger partial charge on any atom is -0.315 e. The second-order valence-corrected chi connectivity index (χ2v) is 6.15. The van der Waals surface area contributed by atoms with E-state index in [1.807, 2.05) is 0 Å². The molecule has 2 rings (SSSR count). The van der Waals surface area contributed by atoms with Crippen LogP contribution in [0.2, 0.25) is 0 Å². The number of rotatable bonds is 5. The van der Waals surface area contributed by atoms with Crippen LogP contribution in [0.25, 0.3) is 0 Å². The van der Waals surface area contributed by atoms with Crippen LogP contribution in [0.15, 0.2) is 0 Å². The van der Waals surface area contributed by atoms with E-state index in [0.29, 0.717) is 0 Å². The molecular formula is C15H30N2. The van der Waals surface area contributed by atoms with Gasteiger partial charge >= 0.3 is 0 Å². The molecule has 2 aliphatic rings. The highest BCUT2D eigenvalue weighted by molar-refractivity contribution is 4.88. The van der Waals surface area contributed by atoms with Crippen LogP contribution in [0.1, 0.15) is 58.3 Å². The van der Waals surface area contributed by atoms with E-state index in [0.717, 1.165) is 5.41 Å². The summed E-state index contributed by atoms with van der Waals surface area (Å²) < 4.78 is 0. The summed E-state index contributed by atoms with van der Waals surface area (Å²) >= 11 is 0. The van der Waals surface area contributed by atoms with E-state index >= 15 is 0 Å². The monoisotopic (exact) mass is 238 g/mol. The fourth-order valence-corrected chi connectivity index (χ4v) is 3.59. The van der Waals surface area contributed by atoms with Gasteiger partial charge in [-0.3, -0.25) is 0 Å². The van der Waals surface area contributed by atoms with Crippen molar-refractivity contribution in [3.8, 4) is 0 Å². The first-order chi connectivity index (χ1) is 8.35. The third-order valence-corrected chi connectivity index (χ3v) is 4.86. The molecule has 0 atom stereocenters. The van der Waals surface area contributed by atoms with Crippen molar-refractivity contribution in [3.05, 3.63) is 0 Å². The van der Waals surface area contributed by atoms with Crippen LogP contribution in [-0.4, -0.2) is 37.6 Å². The van der Waals surface area contributed by atoms with E-state index in [1.54, 1.807) is 0 Å². The Balaban J connectivity index is 1.63. The van der Waals surface area contributed by atoms with E-state index in [-0.39, 0.29) is 0 Å². The Kier molecular flexibility index (Phi) is 5.30. The SMILES string of the molecule is CCCNCCN1CCC2(CCCCC2)CC1. The Labute approximate surface area is 107 Å². The molecule has 1 aliphatic heterocycles. The lowest BCUT2D eigenvalue weighted by molar-refractivity contribution is 0.0684. The van der Waals surface area contributed by atoms with Gasteiger partial charge in [0, 0.05) is 13.1 Å². The molecule has 1 heterocycles. The highest BCUT2D eigenvalue weighted by atomic mass is 15.1. The summed E-state index contributed by atoms with van der Waals surface area (Å²) in [5.74, 6) is 0. The van der Waals surface area contributed by atoms with Crippen LogP contribution in [-0.2, 0) is 0 Å². The first-order valence-electron chi connectivity index (χ1n) is 7.78. The van der Waals surface area contributed by atoms with E-state index in [2.05, 4.69) is 17.1 Å². The zero-order valence-corrected chi connectivity index (χ0v) is 11.6. The van der Waals surface area contributed by atoms with Crippen LogP contribution in [0.4, 0.5) is 0 Å². The number of likely N-dealkylation sites (tertiary alicyclic amines) is 1. The van der Waals surface area contributed by atoms with Crippen LogP contribution in [0, 0.1) is 5.41 Å². The van der Waals surface area contributed by atoms with Crippen LogP contribution < -0.4 is 5.32 Å². The number of nitrogens with one attached hydrogen (secondary N) is 1. The lowest BCUT2D eigenvalue weighted by Gasteiger charge is -2.44. The highest BCUT2D eigenvalue weighted by Crippen LogP contribution is 2.44. The molecule has 1 spiro atoms. The Morgan fingerprint density at radius 1 is 0.941 bits per heavy atom. The summed E-state index contributed by atoms with van der Waals surface area (Å²) in [4.78, 5) is 2.67. The Bertz CT molecular complexity index is 199. The van der Waals surface area contributed by atoms with Gasteiger partial charge in [0.25, 0.3) is 0 Å². The molecular weight excluding hydrogens is 208 g/mol. The van der Waals surface area contributed by atoms with Crippen molar-refractivity contribution in [2.45, 2.75) is 58.3 Å². The molecule has 2 nitrogen and oxygen atoms in total. The molecule has 1 N–H and O–H groups in total. The van der Waals surface area contributed by atoms with Gasteiger partial charge in [-0.15, -0.1) is 0 Å². The molecule has 2 fully saturated rings. The first kappa shape index (κ1) is 13.4. The summed E-state index contributed by atoms with van der Waals surface area (Å²) in [6, 6.07) is 0. The zero-order valence-electron chi connectivity index (χ0n) is 11.6. The Hall–Kier alpha value is -0.0800. The van der Waals surface area contributed by atoms with Crippen LogP contribution in [0.5, 0.6) is 0 Å². The number of nitrogens with zero attached hydrogens (tertiary/aromatic N) is 1. The Morgan fingerprint density at radius 2 is 1.65 bits per heavy atom. The van der Waals surface area contributed by atoms with Crippen molar-refractivity contribution >= 4 is 0 Å². The Morgan fingerprint density at radius 3 is 2.29 bits per heavy atom. The lowest BCUT2D eigenvalue weighted by atomic mass is 9.68. The zero-order chi connectivity index (χ0) is 12.0. The van der Waals surface area contributed by atoms with E-state index < -0.39 is 0 Å². The number of piperidine rings is 1.